The Bertz CT molecular complexity index is 349. The number of hydrogen-bond donors (Lipinski definition) is 1. The van der Waals surface area contributed by atoms with Crippen molar-refractivity contribution in [1.29, 1.82) is 0 Å². The van der Waals surface area contributed by atoms with Crippen molar-refractivity contribution in [2.45, 2.75) is 46.1 Å². The van der Waals surface area contributed by atoms with E-state index in [0.29, 0.717) is 5.92 Å². The maximum atomic E-state index is 6.24. The van der Waals surface area contributed by atoms with Crippen LogP contribution in [-0.4, -0.2) is 7.11 Å². The normalized spacial score (nSPS) is 14.4. The van der Waals surface area contributed by atoms with Crippen LogP contribution in [0.25, 0.3) is 0 Å². The van der Waals surface area contributed by atoms with Crippen LogP contribution in [0, 0.1) is 12.8 Å². The Kier molecular flexibility index (Phi) is 5.49. The van der Waals surface area contributed by atoms with E-state index in [9.17, 15) is 0 Å². The molecule has 2 nitrogen and oxygen atoms in total. The van der Waals surface area contributed by atoms with E-state index in [0.717, 1.165) is 17.7 Å². The van der Waals surface area contributed by atoms with Gasteiger partial charge in [-0.15, -0.1) is 0 Å². The third kappa shape index (κ3) is 4.04. The summed E-state index contributed by atoms with van der Waals surface area (Å²) >= 11 is 0. The van der Waals surface area contributed by atoms with Gasteiger partial charge in [-0.1, -0.05) is 38.8 Å². The lowest BCUT2D eigenvalue weighted by Gasteiger charge is -2.18. The SMILES string of the molecule is CCCC(C)CC(N)c1ccc(C)c(OC)c1. The molecule has 0 spiro atoms. The van der Waals surface area contributed by atoms with Crippen LogP contribution in [0.15, 0.2) is 18.2 Å². The molecular formula is C15H25NO. The molecule has 2 atom stereocenters. The van der Waals surface area contributed by atoms with Crippen LogP contribution in [0.3, 0.4) is 0 Å². The van der Waals surface area contributed by atoms with Crippen LogP contribution >= 0.6 is 0 Å². The van der Waals surface area contributed by atoms with Gasteiger partial charge in [-0.25, -0.2) is 0 Å². The molecule has 2 unspecified atom stereocenters. The molecule has 17 heavy (non-hydrogen) atoms. The molecule has 0 fully saturated rings. The Labute approximate surface area is 105 Å². The number of benzene rings is 1. The van der Waals surface area contributed by atoms with E-state index in [1.165, 1.54) is 18.4 Å². The van der Waals surface area contributed by atoms with Gasteiger partial charge in [0.2, 0.25) is 0 Å². The monoisotopic (exact) mass is 235 g/mol. The van der Waals surface area contributed by atoms with Gasteiger partial charge in [0.25, 0.3) is 0 Å². The van der Waals surface area contributed by atoms with Crippen molar-refractivity contribution < 1.29 is 4.74 Å². The van der Waals surface area contributed by atoms with E-state index in [-0.39, 0.29) is 6.04 Å². The Hall–Kier alpha value is -1.02. The number of methoxy groups -OCH3 is 1. The summed E-state index contributed by atoms with van der Waals surface area (Å²) < 4.78 is 5.33. The van der Waals surface area contributed by atoms with Crippen LogP contribution in [0.5, 0.6) is 5.75 Å². The summed E-state index contributed by atoms with van der Waals surface area (Å²) in [5.74, 6) is 1.61. The molecular weight excluding hydrogens is 210 g/mol. The van der Waals surface area contributed by atoms with Crippen molar-refractivity contribution in [3.63, 3.8) is 0 Å². The van der Waals surface area contributed by atoms with E-state index >= 15 is 0 Å². The second kappa shape index (κ2) is 6.65. The third-order valence-corrected chi connectivity index (χ3v) is 3.30. The van der Waals surface area contributed by atoms with Crippen molar-refractivity contribution in [1.82, 2.24) is 0 Å². The van der Waals surface area contributed by atoms with Crippen LogP contribution in [0.1, 0.15) is 50.3 Å². The third-order valence-electron chi connectivity index (χ3n) is 3.30. The van der Waals surface area contributed by atoms with Gasteiger partial charge in [-0.05, 0) is 36.5 Å². The van der Waals surface area contributed by atoms with E-state index < -0.39 is 0 Å². The average molecular weight is 235 g/mol. The molecule has 0 bridgehead atoms. The van der Waals surface area contributed by atoms with Gasteiger partial charge in [-0.2, -0.15) is 0 Å². The van der Waals surface area contributed by atoms with Gasteiger partial charge in [0, 0.05) is 6.04 Å². The van der Waals surface area contributed by atoms with Crippen molar-refractivity contribution in [2.24, 2.45) is 11.7 Å². The maximum absolute atomic E-state index is 6.24. The number of hydrogen-bond acceptors (Lipinski definition) is 2. The van der Waals surface area contributed by atoms with Gasteiger partial charge in [0.1, 0.15) is 5.75 Å². The molecule has 2 N–H and O–H groups in total. The Morgan fingerprint density at radius 3 is 2.65 bits per heavy atom. The zero-order chi connectivity index (χ0) is 12.8. The lowest BCUT2D eigenvalue weighted by Crippen LogP contribution is -2.14. The second-order valence-corrected chi connectivity index (χ2v) is 4.97. The molecule has 0 saturated heterocycles. The molecule has 1 rings (SSSR count). The van der Waals surface area contributed by atoms with Gasteiger partial charge in [0.05, 0.1) is 7.11 Å². The molecule has 0 aliphatic carbocycles. The minimum Gasteiger partial charge on any atom is -0.496 e. The summed E-state index contributed by atoms with van der Waals surface area (Å²) in [5.41, 5.74) is 8.58. The highest BCUT2D eigenvalue weighted by atomic mass is 16.5. The Morgan fingerprint density at radius 2 is 2.06 bits per heavy atom. The number of ether oxygens (including phenoxy) is 1. The maximum Gasteiger partial charge on any atom is 0.122 e. The highest BCUT2D eigenvalue weighted by Gasteiger charge is 2.12. The van der Waals surface area contributed by atoms with Crippen molar-refractivity contribution in [3.05, 3.63) is 29.3 Å². The molecule has 0 heterocycles. The minimum atomic E-state index is 0.117. The van der Waals surface area contributed by atoms with E-state index in [1.54, 1.807) is 7.11 Å². The first kappa shape index (κ1) is 14.0. The number of rotatable bonds is 6. The number of aryl methyl sites for hydroxylation is 1. The Balaban J connectivity index is 2.71. The molecule has 0 radical (unpaired) electrons. The van der Waals surface area contributed by atoms with Crippen molar-refractivity contribution in [3.8, 4) is 5.75 Å². The van der Waals surface area contributed by atoms with Gasteiger partial charge in [-0.3, -0.25) is 0 Å². The molecule has 2 heteroatoms. The summed E-state index contributed by atoms with van der Waals surface area (Å²) in [7, 11) is 1.71. The van der Waals surface area contributed by atoms with E-state index in [1.807, 2.05) is 6.92 Å². The lowest BCUT2D eigenvalue weighted by molar-refractivity contribution is 0.408. The largest absolute Gasteiger partial charge is 0.496 e. The van der Waals surface area contributed by atoms with Gasteiger partial charge >= 0.3 is 0 Å². The fourth-order valence-corrected chi connectivity index (χ4v) is 2.25. The second-order valence-electron chi connectivity index (χ2n) is 4.97. The van der Waals surface area contributed by atoms with Gasteiger partial charge in [0.15, 0.2) is 0 Å². The number of nitrogens with two attached hydrogens (primary N) is 1. The summed E-state index contributed by atoms with van der Waals surface area (Å²) in [4.78, 5) is 0. The van der Waals surface area contributed by atoms with Crippen molar-refractivity contribution >= 4 is 0 Å². The molecule has 0 amide bonds. The first-order chi connectivity index (χ1) is 8.08. The highest BCUT2D eigenvalue weighted by molar-refractivity contribution is 5.37. The standard InChI is InChI=1S/C15H25NO/c1-5-6-11(2)9-14(16)13-8-7-12(3)15(10-13)17-4/h7-8,10-11,14H,5-6,9,16H2,1-4H3. The van der Waals surface area contributed by atoms with E-state index in [4.69, 9.17) is 10.5 Å². The molecule has 0 saturated carbocycles. The molecule has 96 valence electrons. The predicted octanol–water partition coefficient (Wildman–Crippen LogP) is 3.83. The Morgan fingerprint density at radius 1 is 1.35 bits per heavy atom. The summed E-state index contributed by atoms with van der Waals surface area (Å²) in [6.45, 7) is 6.54. The van der Waals surface area contributed by atoms with Crippen LogP contribution < -0.4 is 10.5 Å². The zero-order valence-electron chi connectivity index (χ0n) is 11.5. The first-order valence-corrected chi connectivity index (χ1v) is 6.48. The molecule has 0 aromatic heterocycles. The zero-order valence-corrected chi connectivity index (χ0v) is 11.5. The molecule has 0 aliphatic rings. The fourth-order valence-electron chi connectivity index (χ4n) is 2.25. The lowest BCUT2D eigenvalue weighted by atomic mass is 9.93. The van der Waals surface area contributed by atoms with Gasteiger partial charge < -0.3 is 10.5 Å². The minimum absolute atomic E-state index is 0.117. The molecule has 1 aromatic rings. The summed E-state index contributed by atoms with van der Waals surface area (Å²) in [6.07, 6.45) is 3.52. The van der Waals surface area contributed by atoms with Crippen LogP contribution in [0.4, 0.5) is 0 Å². The molecule has 0 aliphatic heterocycles. The topological polar surface area (TPSA) is 35.2 Å². The summed E-state index contributed by atoms with van der Waals surface area (Å²) in [5, 5.41) is 0. The first-order valence-electron chi connectivity index (χ1n) is 6.48. The van der Waals surface area contributed by atoms with Crippen LogP contribution in [-0.2, 0) is 0 Å². The quantitative estimate of drug-likeness (QED) is 0.813. The summed E-state index contributed by atoms with van der Waals surface area (Å²) in [6, 6.07) is 6.38. The smallest absolute Gasteiger partial charge is 0.122 e. The van der Waals surface area contributed by atoms with Crippen molar-refractivity contribution in [2.75, 3.05) is 7.11 Å². The fraction of sp³-hybridized carbons (Fsp3) is 0.600. The predicted molar refractivity (Wildman–Crippen MR) is 73.3 cm³/mol. The van der Waals surface area contributed by atoms with Crippen LogP contribution in [0.2, 0.25) is 0 Å². The average Bonchev–Trinajstić information content (AvgIpc) is 2.29. The van der Waals surface area contributed by atoms with E-state index in [2.05, 4.69) is 32.0 Å². The molecule has 1 aromatic carbocycles. The highest BCUT2D eigenvalue weighted by Crippen LogP contribution is 2.26.